The van der Waals surface area contributed by atoms with Crippen molar-refractivity contribution in [2.45, 2.75) is 25.9 Å². The smallest absolute Gasteiger partial charge is 0.127 e. The van der Waals surface area contributed by atoms with Gasteiger partial charge >= 0.3 is 0 Å². The second kappa shape index (κ2) is 5.94. The maximum absolute atomic E-state index is 13.7. The number of nitrogens with zero attached hydrogens (tertiary/aromatic N) is 2. The summed E-state index contributed by atoms with van der Waals surface area (Å²) >= 11 is 0. The molecule has 1 aromatic rings. The number of nitriles is 1. The third kappa shape index (κ3) is 2.87. The van der Waals surface area contributed by atoms with Gasteiger partial charge in [-0.3, -0.25) is 4.90 Å². The standard InChI is InChI=1S/C14H18FN3/c1-2-5-18(13-8-17-9-13)10-12-6-11(7-16)3-4-14(12)15/h3-4,6,13,17H,2,5,8-10H2,1H3. The third-order valence-corrected chi connectivity index (χ3v) is 3.34. The Balaban J connectivity index is 2.12. The Kier molecular flexibility index (Phi) is 4.29. The Labute approximate surface area is 107 Å². The van der Waals surface area contributed by atoms with Gasteiger partial charge in [0.05, 0.1) is 11.6 Å². The van der Waals surface area contributed by atoms with E-state index in [-0.39, 0.29) is 5.82 Å². The van der Waals surface area contributed by atoms with Gasteiger partial charge < -0.3 is 5.32 Å². The third-order valence-electron chi connectivity index (χ3n) is 3.34. The fourth-order valence-corrected chi connectivity index (χ4v) is 2.19. The van der Waals surface area contributed by atoms with Crippen molar-refractivity contribution in [2.24, 2.45) is 0 Å². The molecule has 1 saturated heterocycles. The van der Waals surface area contributed by atoms with Crippen LogP contribution in [0.2, 0.25) is 0 Å². The summed E-state index contributed by atoms with van der Waals surface area (Å²) in [6.45, 7) is 5.62. The average molecular weight is 247 g/mol. The molecule has 0 saturated carbocycles. The van der Waals surface area contributed by atoms with E-state index in [1.54, 1.807) is 6.07 Å². The molecule has 0 spiro atoms. The van der Waals surface area contributed by atoms with E-state index in [4.69, 9.17) is 5.26 Å². The Bertz CT molecular complexity index is 449. The Morgan fingerprint density at radius 2 is 2.28 bits per heavy atom. The first kappa shape index (κ1) is 13.0. The fourth-order valence-electron chi connectivity index (χ4n) is 2.19. The van der Waals surface area contributed by atoms with Gasteiger partial charge in [0.25, 0.3) is 0 Å². The highest BCUT2D eigenvalue weighted by atomic mass is 19.1. The van der Waals surface area contributed by atoms with Gasteiger partial charge in [0.1, 0.15) is 5.82 Å². The minimum atomic E-state index is -0.220. The molecule has 96 valence electrons. The predicted octanol–water partition coefficient (Wildman–Crippen LogP) is 1.88. The van der Waals surface area contributed by atoms with E-state index < -0.39 is 0 Å². The molecule has 0 amide bonds. The van der Waals surface area contributed by atoms with Gasteiger partial charge in [0.15, 0.2) is 0 Å². The highest BCUT2D eigenvalue weighted by Crippen LogP contribution is 2.16. The molecule has 1 fully saturated rings. The van der Waals surface area contributed by atoms with E-state index in [2.05, 4.69) is 23.2 Å². The summed E-state index contributed by atoms with van der Waals surface area (Å²) in [4.78, 5) is 2.29. The zero-order valence-corrected chi connectivity index (χ0v) is 10.6. The molecule has 0 aromatic heterocycles. The maximum atomic E-state index is 13.7. The summed E-state index contributed by atoms with van der Waals surface area (Å²) < 4.78 is 13.7. The van der Waals surface area contributed by atoms with Crippen molar-refractivity contribution in [3.63, 3.8) is 0 Å². The quantitative estimate of drug-likeness (QED) is 0.863. The first-order valence-electron chi connectivity index (χ1n) is 6.38. The zero-order valence-electron chi connectivity index (χ0n) is 10.6. The lowest BCUT2D eigenvalue weighted by atomic mass is 10.1. The summed E-state index contributed by atoms with van der Waals surface area (Å²) in [7, 11) is 0. The SMILES string of the molecule is CCCN(Cc1cc(C#N)ccc1F)C1CNC1. The van der Waals surface area contributed by atoms with Crippen molar-refractivity contribution in [2.75, 3.05) is 19.6 Å². The lowest BCUT2D eigenvalue weighted by Gasteiger charge is -2.38. The highest BCUT2D eigenvalue weighted by Gasteiger charge is 2.24. The summed E-state index contributed by atoms with van der Waals surface area (Å²) in [5.41, 5.74) is 1.14. The molecule has 0 unspecified atom stereocenters. The lowest BCUT2D eigenvalue weighted by molar-refractivity contribution is 0.136. The van der Waals surface area contributed by atoms with Crippen molar-refractivity contribution in [3.8, 4) is 6.07 Å². The number of nitrogens with one attached hydrogen (secondary N) is 1. The van der Waals surface area contributed by atoms with Gasteiger partial charge in [-0.25, -0.2) is 4.39 Å². The van der Waals surface area contributed by atoms with Crippen molar-refractivity contribution in [3.05, 3.63) is 35.1 Å². The molecule has 0 radical (unpaired) electrons. The van der Waals surface area contributed by atoms with Gasteiger partial charge in [0, 0.05) is 31.2 Å². The molecule has 1 aliphatic rings. The largest absolute Gasteiger partial charge is 0.314 e. The molecule has 4 heteroatoms. The summed E-state index contributed by atoms with van der Waals surface area (Å²) in [6, 6.07) is 7.12. The van der Waals surface area contributed by atoms with Crippen LogP contribution in [0.1, 0.15) is 24.5 Å². The highest BCUT2D eigenvalue weighted by molar-refractivity contribution is 5.33. The van der Waals surface area contributed by atoms with Crippen LogP contribution in [-0.2, 0) is 6.54 Å². The van der Waals surface area contributed by atoms with E-state index in [9.17, 15) is 4.39 Å². The van der Waals surface area contributed by atoms with Gasteiger partial charge in [-0.15, -0.1) is 0 Å². The van der Waals surface area contributed by atoms with E-state index in [0.717, 1.165) is 26.1 Å². The minimum Gasteiger partial charge on any atom is -0.314 e. The van der Waals surface area contributed by atoms with Crippen LogP contribution in [-0.4, -0.2) is 30.6 Å². The molecule has 1 aliphatic heterocycles. The average Bonchev–Trinajstić information content (AvgIpc) is 2.30. The summed E-state index contributed by atoms with van der Waals surface area (Å²) in [6.07, 6.45) is 1.05. The Morgan fingerprint density at radius 3 is 2.83 bits per heavy atom. The molecular weight excluding hydrogens is 229 g/mol. The van der Waals surface area contributed by atoms with Crippen LogP contribution in [0.25, 0.3) is 0 Å². The Hall–Kier alpha value is -1.44. The normalized spacial score (nSPS) is 15.4. The molecular formula is C14H18FN3. The monoisotopic (exact) mass is 247 g/mol. The molecule has 1 aromatic carbocycles. The van der Waals surface area contributed by atoms with Gasteiger partial charge in [-0.05, 0) is 31.2 Å². The first-order valence-corrected chi connectivity index (χ1v) is 6.38. The number of rotatable bonds is 5. The van der Waals surface area contributed by atoms with Crippen LogP contribution >= 0.6 is 0 Å². The molecule has 1 N–H and O–H groups in total. The van der Waals surface area contributed by atoms with E-state index in [1.807, 2.05) is 0 Å². The summed E-state index contributed by atoms with van der Waals surface area (Å²) in [5.74, 6) is -0.220. The zero-order chi connectivity index (χ0) is 13.0. The molecule has 2 rings (SSSR count). The maximum Gasteiger partial charge on any atom is 0.127 e. The first-order chi connectivity index (χ1) is 8.74. The Morgan fingerprint density at radius 1 is 1.50 bits per heavy atom. The van der Waals surface area contributed by atoms with Crippen LogP contribution in [0, 0.1) is 17.1 Å². The second-order valence-corrected chi connectivity index (χ2v) is 4.70. The van der Waals surface area contributed by atoms with Crippen LogP contribution in [0.15, 0.2) is 18.2 Å². The van der Waals surface area contributed by atoms with Gasteiger partial charge in [-0.2, -0.15) is 5.26 Å². The molecule has 18 heavy (non-hydrogen) atoms. The molecule has 3 nitrogen and oxygen atoms in total. The topological polar surface area (TPSA) is 39.1 Å². The van der Waals surface area contributed by atoms with Crippen molar-refractivity contribution in [1.82, 2.24) is 10.2 Å². The van der Waals surface area contributed by atoms with Gasteiger partial charge in [-0.1, -0.05) is 6.92 Å². The number of halogens is 1. The predicted molar refractivity (Wildman–Crippen MR) is 68.5 cm³/mol. The molecule has 1 heterocycles. The lowest BCUT2D eigenvalue weighted by Crippen LogP contribution is -2.57. The summed E-state index contributed by atoms with van der Waals surface area (Å²) in [5, 5.41) is 12.1. The number of hydrogen-bond acceptors (Lipinski definition) is 3. The van der Waals surface area contributed by atoms with Crippen LogP contribution in [0.5, 0.6) is 0 Å². The van der Waals surface area contributed by atoms with Crippen molar-refractivity contribution < 1.29 is 4.39 Å². The number of benzene rings is 1. The second-order valence-electron chi connectivity index (χ2n) is 4.70. The van der Waals surface area contributed by atoms with Crippen molar-refractivity contribution in [1.29, 1.82) is 5.26 Å². The van der Waals surface area contributed by atoms with Crippen LogP contribution in [0.4, 0.5) is 4.39 Å². The minimum absolute atomic E-state index is 0.220. The van der Waals surface area contributed by atoms with Crippen LogP contribution in [0.3, 0.4) is 0 Å². The van der Waals surface area contributed by atoms with E-state index in [0.29, 0.717) is 23.7 Å². The molecule has 0 bridgehead atoms. The van der Waals surface area contributed by atoms with Crippen LogP contribution < -0.4 is 5.32 Å². The fraction of sp³-hybridized carbons (Fsp3) is 0.500. The van der Waals surface area contributed by atoms with Crippen molar-refractivity contribution >= 4 is 0 Å². The van der Waals surface area contributed by atoms with Gasteiger partial charge in [0.2, 0.25) is 0 Å². The van der Waals surface area contributed by atoms with E-state index in [1.165, 1.54) is 12.1 Å². The van der Waals surface area contributed by atoms with E-state index >= 15 is 0 Å². The molecule has 0 atom stereocenters. The molecule has 0 aliphatic carbocycles. The number of hydrogen-bond donors (Lipinski definition) is 1.